The van der Waals surface area contributed by atoms with E-state index in [1.54, 1.807) is 12.1 Å². The molecule has 0 aliphatic heterocycles. The lowest BCUT2D eigenvalue weighted by Crippen LogP contribution is -2.25. The van der Waals surface area contributed by atoms with Gasteiger partial charge in [-0.25, -0.2) is 12.7 Å². The zero-order valence-corrected chi connectivity index (χ0v) is 15.2. The molecule has 0 saturated heterocycles. The third-order valence-corrected chi connectivity index (χ3v) is 6.42. The number of carbonyl (C=O) groups is 1. The summed E-state index contributed by atoms with van der Waals surface area (Å²) < 4.78 is 25.3. The van der Waals surface area contributed by atoms with Gasteiger partial charge >= 0.3 is 0 Å². The predicted molar refractivity (Wildman–Crippen MR) is 98.1 cm³/mol. The smallest absolute Gasteiger partial charge is 0.242 e. The van der Waals surface area contributed by atoms with E-state index in [1.807, 2.05) is 18.2 Å². The largest absolute Gasteiger partial charge is 0.326 e. The van der Waals surface area contributed by atoms with Crippen LogP contribution in [0, 0.1) is 0 Å². The number of nitrogens with one attached hydrogen (secondary N) is 1. The van der Waals surface area contributed by atoms with E-state index in [9.17, 15) is 13.2 Å². The molecule has 0 aromatic heterocycles. The van der Waals surface area contributed by atoms with Crippen molar-refractivity contribution in [3.05, 3.63) is 59.7 Å². The molecule has 2 aromatic carbocycles. The highest BCUT2D eigenvalue weighted by Crippen LogP contribution is 2.32. The van der Waals surface area contributed by atoms with Crippen molar-refractivity contribution in [3.63, 3.8) is 0 Å². The number of anilines is 1. The third kappa shape index (κ3) is 3.60. The highest BCUT2D eigenvalue weighted by molar-refractivity contribution is 7.89. The van der Waals surface area contributed by atoms with Gasteiger partial charge in [-0.1, -0.05) is 24.3 Å². The number of rotatable bonds is 4. The van der Waals surface area contributed by atoms with Gasteiger partial charge in [0.15, 0.2) is 0 Å². The van der Waals surface area contributed by atoms with Gasteiger partial charge in [0, 0.05) is 19.8 Å². The van der Waals surface area contributed by atoms with Crippen LogP contribution in [0.1, 0.15) is 29.9 Å². The van der Waals surface area contributed by atoms with Gasteiger partial charge in [-0.3, -0.25) is 4.79 Å². The van der Waals surface area contributed by atoms with Crippen molar-refractivity contribution in [1.29, 1.82) is 0 Å². The molecule has 1 aliphatic rings. The van der Waals surface area contributed by atoms with Crippen LogP contribution >= 0.6 is 0 Å². The Morgan fingerprint density at radius 2 is 1.76 bits per heavy atom. The van der Waals surface area contributed by atoms with Crippen molar-refractivity contribution in [1.82, 2.24) is 4.31 Å². The van der Waals surface area contributed by atoms with E-state index in [-0.39, 0.29) is 16.7 Å². The normalized spacial score (nSPS) is 17.2. The summed E-state index contributed by atoms with van der Waals surface area (Å²) in [6, 6.07) is 14.3. The lowest BCUT2D eigenvalue weighted by Gasteiger charge is -2.24. The number of hydrogen-bond donors (Lipinski definition) is 1. The predicted octanol–water partition coefficient (Wildman–Crippen LogP) is 3.00. The Morgan fingerprint density at radius 1 is 1.08 bits per heavy atom. The number of fused-ring (bicyclic) bond motifs is 1. The van der Waals surface area contributed by atoms with E-state index in [1.165, 1.54) is 36.1 Å². The first-order valence-electron chi connectivity index (χ1n) is 8.31. The molecular weight excluding hydrogens is 336 g/mol. The first kappa shape index (κ1) is 17.6. The summed E-state index contributed by atoms with van der Waals surface area (Å²) in [6.45, 7) is 0. The first-order chi connectivity index (χ1) is 11.9. The van der Waals surface area contributed by atoms with E-state index in [4.69, 9.17) is 0 Å². The molecule has 1 atom stereocenters. The second-order valence-corrected chi connectivity index (χ2v) is 8.60. The zero-order chi connectivity index (χ0) is 18.0. The fraction of sp³-hybridized carbons (Fsp3) is 0.316. The minimum absolute atomic E-state index is 0.0460. The van der Waals surface area contributed by atoms with Crippen LogP contribution < -0.4 is 5.32 Å². The average molecular weight is 358 g/mol. The minimum atomic E-state index is -3.46. The van der Waals surface area contributed by atoms with Crippen LogP contribution in [0.3, 0.4) is 0 Å². The van der Waals surface area contributed by atoms with Crippen LogP contribution in [0.15, 0.2) is 53.4 Å². The molecule has 5 nitrogen and oxygen atoms in total. The maximum absolute atomic E-state index is 12.7. The second kappa shape index (κ2) is 6.98. The average Bonchev–Trinajstić information content (AvgIpc) is 2.61. The summed E-state index contributed by atoms with van der Waals surface area (Å²) in [5.74, 6) is -0.203. The van der Waals surface area contributed by atoms with Crippen molar-refractivity contribution in [2.45, 2.75) is 30.1 Å². The van der Waals surface area contributed by atoms with Gasteiger partial charge in [0.1, 0.15) is 0 Å². The third-order valence-electron chi connectivity index (χ3n) is 4.59. The van der Waals surface area contributed by atoms with Crippen LogP contribution in [0.4, 0.5) is 5.69 Å². The number of aryl methyl sites for hydroxylation is 1. The second-order valence-electron chi connectivity index (χ2n) is 6.44. The van der Waals surface area contributed by atoms with Gasteiger partial charge in [-0.15, -0.1) is 0 Å². The Kier molecular flexibility index (Phi) is 4.92. The molecule has 0 saturated carbocycles. The van der Waals surface area contributed by atoms with Crippen molar-refractivity contribution in [2.75, 3.05) is 19.4 Å². The Balaban J connectivity index is 1.77. The Bertz CT molecular complexity index is 874. The molecule has 1 unspecified atom stereocenters. The van der Waals surface area contributed by atoms with E-state index in [0.29, 0.717) is 5.69 Å². The molecule has 1 aliphatic carbocycles. The summed E-state index contributed by atoms with van der Waals surface area (Å²) in [5.41, 5.74) is 2.94. The maximum Gasteiger partial charge on any atom is 0.242 e. The van der Waals surface area contributed by atoms with Crippen LogP contribution in [0.2, 0.25) is 0 Å². The molecule has 0 spiro atoms. The highest BCUT2D eigenvalue weighted by atomic mass is 32.2. The molecule has 1 amide bonds. The SMILES string of the molecule is CN(C)S(=O)(=O)c1ccc(NC(=O)C2CCCc3ccccc32)cc1. The van der Waals surface area contributed by atoms with E-state index in [2.05, 4.69) is 11.4 Å². The van der Waals surface area contributed by atoms with Crippen LogP contribution in [-0.4, -0.2) is 32.7 Å². The van der Waals surface area contributed by atoms with Gasteiger partial charge in [0.25, 0.3) is 0 Å². The van der Waals surface area contributed by atoms with Crippen molar-refractivity contribution >= 4 is 21.6 Å². The molecule has 0 bridgehead atoms. The summed E-state index contributed by atoms with van der Waals surface area (Å²) >= 11 is 0. The first-order valence-corrected chi connectivity index (χ1v) is 9.75. The van der Waals surface area contributed by atoms with Crippen LogP contribution in [0.5, 0.6) is 0 Å². The number of carbonyl (C=O) groups excluding carboxylic acids is 1. The van der Waals surface area contributed by atoms with E-state index in [0.717, 1.165) is 24.8 Å². The molecule has 6 heteroatoms. The van der Waals surface area contributed by atoms with Gasteiger partial charge in [-0.05, 0) is 54.7 Å². The molecule has 25 heavy (non-hydrogen) atoms. The zero-order valence-electron chi connectivity index (χ0n) is 14.4. The topological polar surface area (TPSA) is 66.5 Å². The molecule has 0 radical (unpaired) electrons. The molecule has 3 rings (SSSR count). The van der Waals surface area contributed by atoms with Crippen molar-refractivity contribution in [2.24, 2.45) is 0 Å². The van der Waals surface area contributed by atoms with Gasteiger partial charge in [-0.2, -0.15) is 0 Å². The molecular formula is C19H22N2O3S. The van der Waals surface area contributed by atoms with Crippen molar-refractivity contribution in [3.8, 4) is 0 Å². The van der Waals surface area contributed by atoms with Crippen molar-refractivity contribution < 1.29 is 13.2 Å². The fourth-order valence-corrected chi connectivity index (χ4v) is 4.08. The Labute approximate surface area is 148 Å². The minimum Gasteiger partial charge on any atom is -0.326 e. The molecule has 1 N–H and O–H groups in total. The van der Waals surface area contributed by atoms with Gasteiger partial charge in [0.2, 0.25) is 15.9 Å². The number of hydrogen-bond acceptors (Lipinski definition) is 3. The maximum atomic E-state index is 12.7. The Hall–Kier alpha value is -2.18. The number of nitrogens with zero attached hydrogens (tertiary/aromatic N) is 1. The van der Waals surface area contributed by atoms with Gasteiger partial charge < -0.3 is 5.32 Å². The number of sulfonamides is 1. The van der Waals surface area contributed by atoms with E-state index < -0.39 is 10.0 Å². The lowest BCUT2D eigenvalue weighted by atomic mass is 9.82. The summed E-state index contributed by atoms with van der Waals surface area (Å²) in [4.78, 5) is 12.9. The molecule has 0 heterocycles. The standard InChI is InChI=1S/C19H22N2O3S/c1-21(2)25(23,24)16-12-10-15(11-13-16)20-19(22)18-9-5-7-14-6-3-4-8-17(14)18/h3-4,6,8,10-13,18H,5,7,9H2,1-2H3,(H,20,22). The number of benzene rings is 2. The summed E-state index contributed by atoms with van der Waals surface area (Å²) in [7, 11) is -0.479. The lowest BCUT2D eigenvalue weighted by molar-refractivity contribution is -0.117. The quantitative estimate of drug-likeness (QED) is 0.914. The summed E-state index contributed by atoms with van der Waals surface area (Å²) in [5, 5.41) is 2.91. The van der Waals surface area contributed by atoms with Gasteiger partial charge in [0.05, 0.1) is 10.8 Å². The fourth-order valence-electron chi connectivity index (χ4n) is 3.18. The Morgan fingerprint density at radius 3 is 2.44 bits per heavy atom. The van der Waals surface area contributed by atoms with E-state index >= 15 is 0 Å². The molecule has 132 valence electrons. The highest BCUT2D eigenvalue weighted by Gasteiger charge is 2.26. The molecule has 2 aromatic rings. The van der Waals surface area contributed by atoms with Crippen LogP contribution in [-0.2, 0) is 21.2 Å². The number of amides is 1. The molecule has 0 fully saturated rings. The monoisotopic (exact) mass is 358 g/mol. The van der Waals surface area contributed by atoms with Crippen LogP contribution in [0.25, 0.3) is 0 Å². The summed E-state index contributed by atoms with van der Waals surface area (Å²) in [6.07, 6.45) is 2.84.